The van der Waals surface area contributed by atoms with Gasteiger partial charge in [0.05, 0.1) is 0 Å². The number of hydrogen-bond acceptors (Lipinski definition) is 2. The standard InChI is InChI=1S/C11H18N2.3C2H6/c1-3-4-9-8(2)13-11-5-6-12-7-10(9)11;3*1-2/h4,10-13H,2-3,5-7H2,1H3;3*1-2H3/b9-4+;;;. The number of rotatable bonds is 1. The molecule has 19 heavy (non-hydrogen) atoms. The van der Waals surface area contributed by atoms with Gasteiger partial charge >= 0.3 is 0 Å². The highest BCUT2D eigenvalue weighted by atomic mass is 15.0. The van der Waals surface area contributed by atoms with E-state index in [2.05, 4.69) is 30.2 Å². The van der Waals surface area contributed by atoms with Crippen LogP contribution in [0.2, 0.25) is 0 Å². The van der Waals surface area contributed by atoms with Crippen LogP contribution in [0, 0.1) is 5.92 Å². The maximum Gasteiger partial charge on any atom is 0.0354 e. The highest BCUT2D eigenvalue weighted by Crippen LogP contribution is 2.31. The molecule has 2 heterocycles. The molecule has 114 valence electrons. The summed E-state index contributed by atoms with van der Waals surface area (Å²) in [6, 6.07) is 0.645. The van der Waals surface area contributed by atoms with Gasteiger partial charge < -0.3 is 10.6 Å². The second kappa shape index (κ2) is 13.7. The van der Waals surface area contributed by atoms with Crippen molar-refractivity contribution in [3.05, 3.63) is 23.9 Å². The minimum absolute atomic E-state index is 0.645. The maximum absolute atomic E-state index is 4.07. The summed E-state index contributed by atoms with van der Waals surface area (Å²) in [6.45, 7) is 20.5. The van der Waals surface area contributed by atoms with Crippen LogP contribution >= 0.6 is 0 Å². The van der Waals surface area contributed by atoms with Gasteiger partial charge in [-0.1, -0.05) is 61.1 Å². The Balaban J connectivity index is 0. The Labute approximate surface area is 121 Å². The second-order valence-electron chi connectivity index (χ2n) is 3.90. The van der Waals surface area contributed by atoms with Crippen LogP contribution < -0.4 is 10.6 Å². The normalized spacial score (nSPS) is 25.6. The molecule has 2 N–H and O–H groups in total. The molecule has 0 aromatic heterocycles. The van der Waals surface area contributed by atoms with E-state index in [0.29, 0.717) is 12.0 Å². The van der Waals surface area contributed by atoms with Crippen LogP contribution in [0.5, 0.6) is 0 Å². The minimum atomic E-state index is 0.645. The Morgan fingerprint density at radius 2 is 1.74 bits per heavy atom. The molecule has 2 nitrogen and oxygen atoms in total. The van der Waals surface area contributed by atoms with Crippen LogP contribution in [0.1, 0.15) is 61.3 Å². The molecule has 0 aliphatic carbocycles. The van der Waals surface area contributed by atoms with Crippen molar-refractivity contribution in [3.63, 3.8) is 0 Å². The molecular weight excluding hydrogens is 232 g/mol. The van der Waals surface area contributed by atoms with Gasteiger partial charge in [-0.25, -0.2) is 0 Å². The molecule has 0 amide bonds. The summed E-state index contributed by atoms with van der Waals surface area (Å²) in [5.74, 6) is 0.668. The molecule has 0 aromatic rings. The zero-order chi connectivity index (χ0) is 15.3. The van der Waals surface area contributed by atoms with Crippen LogP contribution in [-0.4, -0.2) is 19.1 Å². The summed E-state index contributed by atoms with van der Waals surface area (Å²) in [5.41, 5.74) is 2.60. The Kier molecular flexibility index (Phi) is 14.8. The topological polar surface area (TPSA) is 24.1 Å². The molecule has 2 aliphatic rings. The largest absolute Gasteiger partial charge is 0.382 e. The first-order valence-corrected chi connectivity index (χ1v) is 8.19. The molecule has 2 aliphatic heterocycles. The van der Waals surface area contributed by atoms with Gasteiger partial charge in [-0.3, -0.25) is 0 Å². The van der Waals surface area contributed by atoms with E-state index in [1.165, 1.54) is 12.0 Å². The van der Waals surface area contributed by atoms with Crippen molar-refractivity contribution in [2.45, 2.75) is 67.3 Å². The monoisotopic (exact) mass is 268 g/mol. The third kappa shape index (κ3) is 6.29. The lowest BCUT2D eigenvalue weighted by atomic mass is 9.90. The fourth-order valence-corrected chi connectivity index (χ4v) is 2.38. The predicted octanol–water partition coefficient (Wildman–Crippen LogP) is 4.50. The number of allylic oxidation sites excluding steroid dienone is 2. The van der Waals surface area contributed by atoms with E-state index in [4.69, 9.17) is 0 Å². The van der Waals surface area contributed by atoms with Crippen molar-refractivity contribution in [2.24, 2.45) is 5.92 Å². The zero-order valence-corrected chi connectivity index (χ0v) is 14.3. The number of hydrogen-bond donors (Lipinski definition) is 2. The summed E-state index contributed by atoms with van der Waals surface area (Å²) >= 11 is 0. The van der Waals surface area contributed by atoms with E-state index >= 15 is 0 Å². The molecule has 2 unspecified atom stereocenters. The SMILES string of the molecule is C=C1NC2CCNCC2/C1=C/CC.CC.CC.CC. The van der Waals surface area contributed by atoms with E-state index in [1.54, 1.807) is 0 Å². The lowest BCUT2D eigenvalue weighted by Gasteiger charge is -2.25. The number of nitrogens with one attached hydrogen (secondary N) is 2. The van der Waals surface area contributed by atoms with Crippen molar-refractivity contribution in [2.75, 3.05) is 13.1 Å². The summed E-state index contributed by atoms with van der Waals surface area (Å²) in [4.78, 5) is 0. The average molecular weight is 268 g/mol. The Morgan fingerprint density at radius 3 is 2.26 bits per heavy atom. The number of piperidine rings is 1. The smallest absolute Gasteiger partial charge is 0.0354 e. The first-order valence-electron chi connectivity index (χ1n) is 8.19. The van der Waals surface area contributed by atoms with Crippen molar-refractivity contribution in [1.82, 2.24) is 10.6 Å². The summed E-state index contributed by atoms with van der Waals surface area (Å²) in [7, 11) is 0. The van der Waals surface area contributed by atoms with Crippen molar-refractivity contribution < 1.29 is 0 Å². The lowest BCUT2D eigenvalue weighted by Crippen LogP contribution is -2.41. The maximum atomic E-state index is 4.07. The predicted molar refractivity (Wildman–Crippen MR) is 89.5 cm³/mol. The molecule has 0 aromatic carbocycles. The van der Waals surface area contributed by atoms with E-state index in [1.807, 2.05) is 41.5 Å². The third-order valence-electron chi connectivity index (χ3n) is 3.01. The molecule has 0 bridgehead atoms. The van der Waals surface area contributed by atoms with Crippen LogP contribution in [0.15, 0.2) is 23.9 Å². The van der Waals surface area contributed by atoms with Crippen LogP contribution in [0.25, 0.3) is 0 Å². The van der Waals surface area contributed by atoms with Crippen LogP contribution in [-0.2, 0) is 0 Å². The van der Waals surface area contributed by atoms with Gasteiger partial charge in [-0.2, -0.15) is 0 Å². The molecule has 2 saturated heterocycles. The first-order chi connectivity index (χ1) is 9.33. The summed E-state index contributed by atoms with van der Waals surface area (Å²) in [6.07, 6.45) is 4.65. The molecule has 2 fully saturated rings. The summed E-state index contributed by atoms with van der Waals surface area (Å²) in [5, 5.41) is 6.93. The molecule has 2 rings (SSSR count). The van der Waals surface area contributed by atoms with Crippen molar-refractivity contribution in [1.29, 1.82) is 0 Å². The Bertz CT molecular complexity index is 244. The van der Waals surface area contributed by atoms with Crippen LogP contribution in [0.3, 0.4) is 0 Å². The average Bonchev–Trinajstić information content (AvgIpc) is 2.82. The second-order valence-corrected chi connectivity index (χ2v) is 3.90. The fraction of sp³-hybridized carbons (Fsp3) is 0.765. The molecule has 0 saturated carbocycles. The lowest BCUT2D eigenvalue weighted by molar-refractivity contribution is 0.369. The van der Waals surface area contributed by atoms with Crippen molar-refractivity contribution in [3.8, 4) is 0 Å². The van der Waals surface area contributed by atoms with Gasteiger partial charge in [0.2, 0.25) is 0 Å². The summed E-state index contributed by atoms with van der Waals surface area (Å²) < 4.78 is 0. The first kappa shape index (κ1) is 20.6. The zero-order valence-electron chi connectivity index (χ0n) is 14.3. The quantitative estimate of drug-likeness (QED) is 0.732. The van der Waals surface area contributed by atoms with Gasteiger partial charge in [-0.15, -0.1) is 0 Å². The van der Waals surface area contributed by atoms with Crippen molar-refractivity contribution >= 4 is 0 Å². The molecule has 2 atom stereocenters. The fourth-order valence-electron chi connectivity index (χ4n) is 2.38. The van der Waals surface area contributed by atoms with Gasteiger partial charge in [-0.05, 0) is 25.0 Å². The third-order valence-corrected chi connectivity index (χ3v) is 3.01. The molecular formula is C17H36N2. The number of fused-ring (bicyclic) bond motifs is 1. The molecule has 0 spiro atoms. The van der Waals surface area contributed by atoms with Gasteiger partial charge in [0, 0.05) is 24.2 Å². The van der Waals surface area contributed by atoms with E-state index in [0.717, 1.165) is 25.2 Å². The van der Waals surface area contributed by atoms with Gasteiger partial charge in [0.1, 0.15) is 0 Å². The van der Waals surface area contributed by atoms with E-state index in [9.17, 15) is 0 Å². The Morgan fingerprint density at radius 1 is 1.16 bits per heavy atom. The highest BCUT2D eigenvalue weighted by Gasteiger charge is 2.34. The van der Waals surface area contributed by atoms with E-state index < -0.39 is 0 Å². The molecule has 2 heteroatoms. The highest BCUT2D eigenvalue weighted by molar-refractivity contribution is 5.37. The van der Waals surface area contributed by atoms with Crippen LogP contribution in [0.4, 0.5) is 0 Å². The Hall–Kier alpha value is -0.760. The van der Waals surface area contributed by atoms with Gasteiger partial charge in [0.15, 0.2) is 0 Å². The minimum Gasteiger partial charge on any atom is -0.382 e. The molecule has 0 radical (unpaired) electrons. The van der Waals surface area contributed by atoms with E-state index in [-0.39, 0.29) is 0 Å². The van der Waals surface area contributed by atoms with Gasteiger partial charge in [0.25, 0.3) is 0 Å².